The van der Waals surface area contributed by atoms with Crippen molar-refractivity contribution < 1.29 is 14.3 Å². The lowest BCUT2D eigenvalue weighted by atomic mass is 9.86. The van der Waals surface area contributed by atoms with Crippen LogP contribution in [0.1, 0.15) is 43.1 Å². The van der Waals surface area contributed by atoms with Crippen molar-refractivity contribution in [2.75, 3.05) is 50.2 Å². The second-order valence-corrected chi connectivity index (χ2v) is 10.6. The summed E-state index contributed by atoms with van der Waals surface area (Å²) in [6.45, 7) is 9.18. The zero-order chi connectivity index (χ0) is 24.7. The number of rotatable bonds is 8. The normalized spacial score (nSPS) is 15.1. The van der Waals surface area contributed by atoms with Crippen molar-refractivity contribution in [3.63, 3.8) is 0 Å². The number of piperazine rings is 1. The van der Waals surface area contributed by atoms with E-state index in [1.54, 1.807) is 18.9 Å². The van der Waals surface area contributed by atoms with Crippen LogP contribution in [0.25, 0.3) is 0 Å². The average Bonchev–Trinajstić information content (AvgIpc) is 2.85. The lowest BCUT2D eigenvalue weighted by molar-refractivity contribution is -0.133. The maximum absolute atomic E-state index is 13.4. The van der Waals surface area contributed by atoms with E-state index >= 15 is 0 Å². The molecule has 0 aliphatic carbocycles. The molecule has 1 atom stereocenters. The van der Waals surface area contributed by atoms with Gasteiger partial charge in [0.05, 0.1) is 7.11 Å². The molecule has 0 bridgehead atoms. The van der Waals surface area contributed by atoms with Gasteiger partial charge in [-0.15, -0.1) is 0 Å². The van der Waals surface area contributed by atoms with Crippen LogP contribution in [0.3, 0.4) is 0 Å². The predicted octanol–water partition coefficient (Wildman–Crippen LogP) is 4.19. The molecule has 1 N–H and O–H groups in total. The van der Waals surface area contributed by atoms with Crippen LogP contribution in [0.5, 0.6) is 5.75 Å². The number of methoxy groups -OCH3 is 1. The Labute approximate surface area is 208 Å². The Kier molecular flexibility index (Phi) is 8.89. The highest BCUT2D eigenvalue weighted by atomic mass is 32.2. The number of anilines is 1. The fourth-order valence-corrected chi connectivity index (χ4v) is 4.54. The molecular weight excluding hydrogens is 446 g/mol. The van der Waals surface area contributed by atoms with Gasteiger partial charge in [-0.25, -0.2) is 0 Å². The topological polar surface area (TPSA) is 61.9 Å². The zero-order valence-electron chi connectivity index (χ0n) is 21.0. The number of carbonyl (C=O) groups excluding carboxylic acids is 2. The van der Waals surface area contributed by atoms with Gasteiger partial charge in [-0.2, -0.15) is 11.8 Å². The van der Waals surface area contributed by atoms with E-state index in [4.69, 9.17) is 4.74 Å². The Hall–Kier alpha value is -2.67. The van der Waals surface area contributed by atoms with E-state index in [0.717, 1.165) is 30.3 Å². The van der Waals surface area contributed by atoms with Crippen molar-refractivity contribution in [1.82, 2.24) is 10.2 Å². The van der Waals surface area contributed by atoms with Crippen molar-refractivity contribution in [3.8, 4) is 5.75 Å². The van der Waals surface area contributed by atoms with Gasteiger partial charge in [0.1, 0.15) is 11.8 Å². The van der Waals surface area contributed by atoms with E-state index in [0.29, 0.717) is 25.1 Å². The van der Waals surface area contributed by atoms with Gasteiger partial charge in [0.2, 0.25) is 5.91 Å². The third-order valence-corrected chi connectivity index (χ3v) is 6.88. The molecule has 1 aliphatic rings. The maximum Gasteiger partial charge on any atom is 0.251 e. The Morgan fingerprint density at radius 3 is 2.32 bits per heavy atom. The van der Waals surface area contributed by atoms with Crippen LogP contribution in [0.4, 0.5) is 5.69 Å². The molecule has 1 heterocycles. The minimum Gasteiger partial charge on any atom is -0.497 e. The summed E-state index contributed by atoms with van der Waals surface area (Å²) in [4.78, 5) is 30.5. The summed E-state index contributed by atoms with van der Waals surface area (Å²) < 4.78 is 5.34. The van der Waals surface area contributed by atoms with Gasteiger partial charge in [0.15, 0.2) is 0 Å². The molecule has 0 unspecified atom stereocenters. The summed E-state index contributed by atoms with van der Waals surface area (Å²) in [7, 11) is 1.66. The van der Waals surface area contributed by atoms with Crippen LogP contribution in [0.2, 0.25) is 0 Å². The molecule has 0 saturated carbocycles. The van der Waals surface area contributed by atoms with Crippen molar-refractivity contribution >= 4 is 29.3 Å². The third-order valence-electron chi connectivity index (χ3n) is 6.24. The summed E-state index contributed by atoms with van der Waals surface area (Å²) in [5.41, 5.74) is 2.88. The summed E-state index contributed by atoms with van der Waals surface area (Å²) in [6, 6.07) is 15.1. The van der Waals surface area contributed by atoms with Crippen LogP contribution in [0.15, 0.2) is 48.5 Å². The number of amides is 2. The summed E-state index contributed by atoms with van der Waals surface area (Å²) in [6.07, 6.45) is 2.63. The van der Waals surface area contributed by atoms with Gasteiger partial charge in [-0.05, 0) is 53.7 Å². The highest BCUT2D eigenvalue weighted by Crippen LogP contribution is 2.23. The molecule has 3 rings (SSSR count). The Morgan fingerprint density at radius 2 is 1.74 bits per heavy atom. The first-order chi connectivity index (χ1) is 16.2. The molecule has 2 amide bonds. The second-order valence-electron chi connectivity index (χ2n) is 9.65. The summed E-state index contributed by atoms with van der Waals surface area (Å²) in [5, 5.41) is 3.01. The van der Waals surface area contributed by atoms with Crippen LogP contribution in [-0.4, -0.2) is 68.1 Å². The number of nitrogens with zero attached hydrogens (tertiary/aromatic N) is 2. The Bertz CT molecular complexity index is 964. The van der Waals surface area contributed by atoms with E-state index < -0.39 is 6.04 Å². The van der Waals surface area contributed by atoms with Gasteiger partial charge in [0.25, 0.3) is 5.91 Å². The summed E-state index contributed by atoms with van der Waals surface area (Å²) >= 11 is 1.68. The third kappa shape index (κ3) is 6.69. The highest BCUT2D eigenvalue weighted by Gasteiger charge is 2.29. The van der Waals surface area contributed by atoms with Gasteiger partial charge in [0, 0.05) is 43.5 Å². The zero-order valence-corrected chi connectivity index (χ0v) is 21.8. The molecule has 2 aromatic carbocycles. The quantitative estimate of drug-likeness (QED) is 0.610. The fraction of sp³-hybridized carbons (Fsp3) is 0.481. The molecule has 184 valence electrons. The monoisotopic (exact) mass is 483 g/mol. The molecule has 7 heteroatoms. The van der Waals surface area contributed by atoms with E-state index in [1.165, 1.54) is 5.56 Å². The maximum atomic E-state index is 13.4. The molecule has 0 aromatic heterocycles. The van der Waals surface area contributed by atoms with Crippen molar-refractivity contribution in [2.45, 2.75) is 38.6 Å². The van der Waals surface area contributed by atoms with Crippen LogP contribution >= 0.6 is 11.8 Å². The number of carbonyl (C=O) groups is 2. The van der Waals surface area contributed by atoms with Gasteiger partial charge in [-0.3, -0.25) is 9.59 Å². The second kappa shape index (κ2) is 11.6. The molecule has 6 nitrogen and oxygen atoms in total. The van der Waals surface area contributed by atoms with Gasteiger partial charge in [-0.1, -0.05) is 39.0 Å². The lowest BCUT2D eigenvalue weighted by Gasteiger charge is -2.37. The first-order valence-corrected chi connectivity index (χ1v) is 13.2. The highest BCUT2D eigenvalue weighted by molar-refractivity contribution is 7.98. The number of nitrogens with one attached hydrogen (secondary N) is 1. The van der Waals surface area contributed by atoms with Crippen molar-refractivity contribution in [1.29, 1.82) is 0 Å². The Morgan fingerprint density at radius 1 is 1.06 bits per heavy atom. The number of ether oxygens (including phenoxy) is 1. The predicted molar refractivity (Wildman–Crippen MR) is 141 cm³/mol. The van der Waals surface area contributed by atoms with Gasteiger partial charge < -0.3 is 19.9 Å². The van der Waals surface area contributed by atoms with E-state index in [1.807, 2.05) is 53.6 Å². The lowest BCUT2D eigenvalue weighted by Crippen LogP contribution is -2.55. The first kappa shape index (κ1) is 25.9. The molecule has 2 aromatic rings. The Balaban J connectivity index is 1.63. The van der Waals surface area contributed by atoms with Crippen LogP contribution in [-0.2, 0) is 10.2 Å². The summed E-state index contributed by atoms with van der Waals surface area (Å²) in [5.74, 6) is 1.43. The number of thioether (sulfide) groups is 1. The minimum atomic E-state index is -0.523. The van der Waals surface area contributed by atoms with E-state index in [-0.39, 0.29) is 17.2 Å². The smallest absolute Gasteiger partial charge is 0.251 e. The SMILES string of the molecule is COc1cccc(N2CCN(C(=O)[C@H](CCSC)NC(=O)c3ccc(C(C)(C)C)cc3)CC2)c1. The van der Waals surface area contributed by atoms with Crippen molar-refractivity contribution in [2.24, 2.45) is 0 Å². The molecule has 34 heavy (non-hydrogen) atoms. The molecule has 1 saturated heterocycles. The van der Waals surface area contributed by atoms with Crippen LogP contribution < -0.4 is 15.0 Å². The fourth-order valence-electron chi connectivity index (χ4n) is 4.07. The number of hydrogen-bond donors (Lipinski definition) is 1. The molecular formula is C27H37N3O3S. The number of hydrogen-bond acceptors (Lipinski definition) is 5. The van der Waals surface area contributed by atoms with E-state index in [9.17, 15) is 9.59 Å². The molecule has 1 aliphatic heterocycles. The van der Waals surface area contributed by atoms with Crippen LogP contribution in [0, 0.1) is 0 Å². The molecule has 0 spiro atoms. The van der Waals surface area contributed by atoms with E-state index in [2.05, 4.69) is 37.1 Å². The number of benzene rings is 2. The van der Waals surface area contributed by atoms with Crippen molar-refractivity contribution in [3.05, 3.63) is 59.7 Å². The average molecular weight is 484 g/mol. The molecule has 1 fully saturated rings. The molecule has 0 radical (unpaired) electrons. The van der Waals surface area contributed by atoms with Gasteiger partial charge >= 0.3 is 0 Å². The minimum absolute atomic E-state index is 0.000922. The largest absolute Gasteiger partial charge is 0.497 e. The standard InChI is InChI=1S/C27H37N3O3S/c1-27(2,3)21-11-9-20(10-12-21)25(31)28-24(13-18-34-5)26(32)30-16-14-29(15-17-30)22-7-6-8-23(19-22)33-4/h6-12,19,24H,13-18H2,1-5H3,(H,28,31)/t24-/m0/s1. The first-order valence-electron chi connectivity index (χ1n) is 11.8.